The second-order valence-electron chi connectivity index (χ2n) is 4.46. The molecule has 2 unspecified atom stereocenters. The van der Waals surface area contributed by atoms with Gasteiger partial charge in [0.25, 0.3) is 0 Å². The largest absolute Gasteiger partial charge is 0.465 e. The number of amides is 2. The fraction of sp³-hybridized carbons (Fsp3) is 0.357. The summed E-state index contributed by atoms with van der Waals surface area (Å²) in [6.07, 6.45) is 0. The summed E-state index contributed by atoms with van der Waals surface area (Å²) in [5.74, 6) is -1.01. The SMILES string of the molecule is CCOC(=O)C1C(C)=NC(=O)NC1c1ccc(Cl)cc1. The van der Waals surface area contributed by atoms with Gasteiger partial charge in [0.1, 0.15) is 5.92 Å². The Hall–Kier alpha value is -1.88. The van der Waals surface area contributed by atoms with Gasteiger partial charge >= 0.3 is 12.0 Å². The Morgan fingerprint density at radius 2 is 2.05 bits per heavy atom. The van der Waals surface area contributed by atoms with Crippen LogP contribution in [0.5, 0.6) is 0 Å². The van der Waals surface area contributed by atoms with Crippen molar-refractivity contribution in [3.8, 4) is 0 Å². The number of esters is 1. The number of urea groups is 1. The lowest BCUT2D eigenvalue weighted by Crippen LogP contribution is -2.44. The molecular weight excluding hydrogens is 280 g/mol. The van der Waals surface area contributed by atoms with Crippen molar-refractivity contribution in [1.82, 2.24) is 5.32 Å². The van der Waals surface area contributed by atoms with E-state index in [1.165, 1.54) is 0 Å². The van der Waals surface area contributed by atoms with E-state index in [2.05, 4.69) is 10.3 Å². The summed E-state index contributed by atoms with van der Waals surface area (Å²) in [6.45, 7) is 3.68. The summed E-state index contributed by atoms with van der Waals surface area (Å²) in [4.78, 5) is 27.5. The van der Waals surface area contributed by atoms with Gasteiger partial charge in [-0.3, -0.25) is 4.79 Å². The molecule has 1 aromatic carbocycles. The Morgan fingerprint density at radius 1 is 1.40 bits per heavy atom. The standard InChI is InChI=1S/C14H15ClN2O3/c1-3-20-13(18)11-8(2)16-14(19)17-12(11)9-4-6-10(15)7-5-9/h4-7,11-12H,3H2,1-2H3,(H,17,19). The number of benzene rings is 1. The number of hydrogen-bond acceptors (Lipinski definition) is 3. The minimum absolute atomic E-state index is 0.282. The lowest BCUT2D eigenvalue weighted by Gasteiger charge is -2.29. The van der Waals surface area contributed by atoms with Crippen molar-refractivity contribution in [3.63, 3.8) is 0 Å². The van der Waals surface area contributed by atoms with Gasteiger partial charge in [0, 0.05) is 10.7 Å². The summed E-state index contributed by atoms with van der Waals surface area (Å²) in [7, 11) is 0. The number of hydrogen-bond donors (Lipinski definition) is 1. The second-order valence-corrected chi connectivity index (χ2v) is 4.90. The Morgan fingerprint density at radius 3 is 2.65 bits per heavy atom. The zero-order chi connectivity index (χ0) is 14.7. The summed E-state index contributed by atoms with van der Waals surface area (Å²) in [5, 5.41) is 3.29. The van der Waals surface area contributed by atoms with Crippen molar-refractivity contribution >= 4 is 29.3 Å². The lowest BCUT2D eigenvalue weighted by molar-refractivity contribution is -0.146. The topological polar surface area (TPSA) is 67.8 Å². The molecule has 0 radical (unpaired) electrons. The highest BCUT2D eigenvalue weighted by molar-refractivity contribution is 6.30. The fourth-order valence-corrected chi connectivity index (χ4v) is 2.33. The Kier molecular flexibility index (Phi) is 4.39. The molecule has 0 aliphatic carbocycles. The van der Waals surface area contributed by atoms with Crippen LogP contribution in [0, 0.1) is 5.92 Å². The summed E-state index contributed by atoms with van der Waals surface area (Å²) < 4.78 is 5.07. The number of carbonyl (C=O) groups is 2. The first-order valence-corrected chi connectivity index (χ1v) is 6.68. The van der Waals surface area contributed by atoms with E-state index in [-0.39, 0.29) is 6.61 Å². The third-order valence-electron chi connectivity index (χ3n) is 3.11. The molecule has 5 nitrogen and oxygen atoms in total. The minimum Gasteiger partial charge on any atom is -0.465 e. The molecule has 106 valence electrons. The van der Waals surface area contributed by atoms with E-state index < -0.39 is 24.0 Å². The lowest BCUT2D eigenvalue weighted by atomic mass is 9.88. The van der Waals surface area contributed by atoms with Gasteiger partial charge in [-0.15, -0.1) is 0 Å². The molecule has 1 heterocycles. The molecule has 2 amide bonds. The van der Waals surface area contributed by atoms with Crippen LogP contribution in [0.15, 0.2) is 29.3 Å². The van der Waals surface area contributed by atoms with Crippen LogP contribution < -0.4 is 5.32 Å². The Labute approximate surface area is 122 Å². The number of rotatable bonds is 3. The number of carbonyl (C=O) groups excluding carboxylic acids is 2. The number of aliphatic imine (C=N–C) groups is 1. The van der Waals surface area contributed by atoms with Gasteiger partial charge in [0.05, 0.1) is 12.6 Å². The molecule has 6 heteroatoms. The van der Waals surface area contributed by atoms with Gasteiger partial charge in [0.2, 0.25) is 0 Å². The van der Waals surface area contributed by atoms with Crippen LogP contribution >= 0.6 is 11.6 Å². The van der Waals surface area contributed by atoms with Crippen LogP contribution in [0.2, 0.25) is 5.02 Å². The first-order valence-electron chi connectivity index (χ1n) is 6.30. The first-order chi connectivity index (χ1) is 9.52. The maximum atomic E-state index is 12.1. The molecule has 0 saturated carbocycles. The highest BCUT2D eigenvalue weighted by Crippen LogP contribution is 2.28. The van der Waals surface area contributed by atoms with Crippen molar-refractivity contribution in [1.29, 1.82) is 0 Å². The van der Waals surface area contributed by atoms with Gasteiger partial charge in [-0.2, -0.15) is 0 Å². The average Bonchev–Trinajstić information content (AvgIpc) is 2.38. The molecule has 0 bridgehead atoms. The van der Waals surface area contributed by atoms with Crippen molar-refractivity contribution in [2.24, 2.45) is 10.9 Å². The molecule has 1 N–H and O–H groups in total. The molecule has 0 fully saturated rings. The van der Waals surface area contributed by atoms with E-state index in [1.54, 1.807) is 38.1 Å². The van der Waals surface area contributed by atoms with Gasteiger partial charge in [-0.05, 0) is 31.5 Å². The van der Waals surface area contributed by atoms with E-state index >= 15 is 0 Å². The Balaban J connectivity index is 2.37. The molecule has 0 saturated heterocycles. The van der Waals surface area contributed by atoms with Crippen LogP contribution in [0.4, 0.5) is 4.79 Å². The average molecular weight is 295 g/mol. The number of halogens is 1. The quantitative estimate of drug-likeness (QED) is 0.872. The van der Waals surface area contributed by atoms with Crippen LogP contribution in [-0.2, 0) is 9.53 Å². The highest BCUT2D eigenvalue weighted by atomic mass is 35.5. The van der Waals surface area contributed by atoms with Crippen LogP contribution in [-0.4, -0.2) is 24.3 Å². The summed E-state index contributed by atoms with van der Waals surface area (Å²) >= 11 is 5.85. The summed E-state index contributed by atoms with van der Waals surface area (Å²) in [6, 6.07) is 6.04. The molecule has 0 spiro atoms. The minimum atomic E-state index is -0.617. The van der Waals surface area contributed by atoms with Gasteiger partial charge in [0.15, 0.2) is 0 Å². The van der Waals surface area contributed by atoms with Crippen LogP contribution in [0.1, 0.15) is 25.5 Å². The third kappa shape index (κ3) is 2.99. The normalized spacial score (nSPS) is 21.9. The van der Waals surface area contributed by atoms with E-state index in [4.69, 9.17) is 16.3 Å². The van der Waals surface area contributed by atoms with E-state index in [9.17, 15) is 9.59 Å². The molecule has 1 aromatic rings. The molecule has 0 aromatic heterocycles. The fourth-order valence-electron chi connectivity index (χ4n) is 2.20. The van der Waals surface area contributed by atoms with Crippen LogP contribution in [0.25, 0.3) is 0 Å². The number of nitrogens with one attached hydrogen (secondary N) is 1. The predicted octanol–water partition coefficient (Wildman–Crippen LogP) is 2.74. The molecule has 1 aliphatic rings. The number of ether oxygens (including phenoxy) is 1. The third-order valence-corrected chi connectivity index (χ3v) is 3.36. The van der Waals surface area contributed by atoms with Crippen molar-refractivity contribution in [3.05, 3.63) is 34.9 Å². The Bertz CT molecular complexity index is 554. The van der Waals surface area contributed by atoms with Crippen molar-refractivity contribution in [2.75, 3.05) is 6.61 Å². The molecule has 2 atom stereocenters. The van der Waals surface area contributed by atoms with E-state index in [1.807, 2.05) is 0 Å². The molecular formula is C14H15ClN2O3. The molecule has 20 heavy (non-hydrogen) atoms. The molecule has 1 aliphatic heterocycles. The zero-order valence-electron chi connectivity index (χ0n) is 11.2. The second kappa shape index (κ2) is 6.05. The zero-order valence-corrected chi connectivity index (χ0v) is 12.0. The monoisotopic (exact) mass is 294 g/mol. The first kappa shape index (κ1) is 14.5. The van der Waals surface area contributed by atoms with E-state index in [0.29, 0.717) is 10.7 Å². The highest BCUT2D eigenvalue weighted by Gasteiger charge is 2.37. The predicted molar refractivity (Wildman–Crippen MR) is 76.0 cm³/mol. The van der Waals surface area contributed by atoms with Gasteiger partial charge in [-0.25, -0.2) is 9.79 Å². The maximum Gasteiger partial charge on any atom is 0.341 e. The summed E-state index contributed by atoms with van der Waals surface area (Å²) in [5.41, 5.74) is 1.24. The van der Waals surface area contributed by atoms with Crippen molar-refractivity contribution < 1.29 is 14.3 Å². The smallest absolute Gasteiger partial charge is 0.341 e. The van der Waals surface area contributed by atoms with Crippen LogP contribution in [0.3, 0.4) is 0 Å². The number of nitrogens with zero attached hydrogens (tertiary/aromatic N) is 1. The van der Waals surface area contributed by atoms with Gasteiger partial charge < -0.3 is 10.1 Å². The maximum absolute atomic E-state index is 12.1. The van der Waals surface area contributed by atoms with E-state index in [0.717, 1.165) is 5.56 Å². The molecule has 2 rings (SSSR count). The van der Waals surface area contributed by atoms with Crippen molar-refractivity contribution in [2.45, 2.75) is 19.9 Å². The van der Waals surface area contributed by atoms with Gasteiger partial charge in [-0.1, -0.05) is 23.7 Å².